The van der Waals surface area contributed by atoms with Gasteiger partial charge in [-0.3, -0.25) is 19.3 Å². The second kappa shape index (κ2) is 8.94. The van der Waals surface area contributed by atoms with Gasteiger partial charge in [-0.15, -0.1) is 0 Å². The number of nitrogens with one attached hydrogen (secondary N) is 2. The number of aliphatic imine (C=N–C) groups is 1. The largest absolute Gasteiger partial charge is 0.452 e. The van der Waals surface area contributed by atoms with Gasteiger partial charge in [0.15, 0.2) is 6.10 Å². The maximum Gasteiger partial charge on any atom is 0.308 e. The van der Waals surface area contributed by atoms with Gasteiger partial charge in [0.25, 0.3) is 15.9 Å². The molecule has 1 aromatic rings. The number of esters is 1. The first-order valence-corrected chi connectivity index (χ1v) is 11.4. The quantitative estimate of drug-likeness (QED) is 0.679. The van der Waals surface area contributed by atoms with E-state index in [0.29, 0.717) is 11.5 Å². The number of carbonyl (C=O) groups excluding carboxylic acids is 2. The number of carbonyl (C=O) groups is 2. The average molecular weight is 422 g/mol. The molecule has 0 saturated heterocycles. The van der Waals surface area contributed by atoms with Crippen LogP contribution in [0.25, 0.3) is 0 Å². The Morgan fingerprint density at radius 1 is 1.28 bits per heavy atom. The Morgan fingerprint density at radius 2 is 2.00 bits per heavy atom. The van der Waals surface area contributed by atoms with Crippen LogP contribution in [0, 0.1) is 5.92 Å². The molecule has 1 aliphatic heterocycles. The van der Waals surface area contributed by atoms with Crippen LogP contribution in [-0.2, 0) is 24.3 Å². The lowest BCUT2D eigenvalue weighted by atomic mass is 9.86. The summed E-state index contributed by atoms with van der Waals surface area (Å²) in [5, 5.41) is 2.97. The smallest absolute Gasteiger partial charge is 0.308 e. The summed E-state index contributed by atoms with van der Waals surface area (Å²) in [6.45, 7) is 3.72. The summed E-state index contributed by atoms with van der Waals surface area (Å²) >= 11 is 0. The second-order valence-corrected chi connectivity index (χ2v) is 9.24. The molecule has 2 N–H and O–H groups in total. The van der Waals surface area contributed by atoms with Crippen molar-refractivity contribution in [3.05, 3.63) is 29.8 Å². The Balaban J connectivity index is 1.49. The van der Waals surface area contributed by atoms with Gasteiger partial charge >= 0.3 is 5.97 Å². The Kier molecular flexibility index (Phi) is 6.56. The van der Waals surface area contributed by atoms with Crippen molar-refractivity contribution in [2.75, 3.05) is 6.54 Å². The van der Waals surface area contributed by atoms with Crippen molar-refractivity contribution in [1.29, 1.82) is 0 Å². The van der Waals surface area contributed by atoms with Crippen LogP contribution in [0.15, 0.2) is 34.2 Å². The molecule has 3 rings (SSSR count). The molecule has 0 unspecified atom stereocenters. The van der Waals surface area contributed by atoms with Gasteiger partial charge in [-0.2, -0.15) is 0 Å². The van der Waals surface area contributed by atoms with E-state index in [0.717, 1.165) is 19.3 Å². The number of nitrogens with zero attached hydrogens (tertiary/aromatic N) is 1. The molecule has 1 fully saturated rings. The van der Waals surface area contributed by atoms with E-state index in [1.54, 1.807) is 25.1 Å². The standard InChI is InChI=1S/C20H27N3O5S/c1-13-7-3-5-9-16(13)22-20(25)14(2)28-18(24)11-12-21-19-15-8-4-6-10-17(15)29(26,27)23-19/h4,6,8,10,13-14,16H,3,5,7,9,11-12H2,1-2H3,(H,21,23)(H,22,25)/t13-,14-,16+/m0/s1. The van der Waals surface area contributed by atoms with Gasteiger partial charge in [-0.05, 0) is 37.8 Å². The molecule has 1 aliphatic carbocycles. The van der Waals surface area contributed by atoms with E-state index in [4.69, 9.17) is 4.74 Å². The van der Waals surface area contributed by atoms with Gasteiger partial charge in [0.1, 0.15) is 5.84 Å². The number of hydrogen-bond acceptors (Lipinski definition) is 6. The number of amidine groups is 1. The van der Waals surface area contributed by atoms with Gasteiger partial charge in [0.2, 0.25) is 0 Å². The van der Waals surface area contributed by atoms with Crippen LogP contribution in [0.1, 0.15) is 51.5 Å². The SMILES string of the molecule is C[C@H](OC(=O)CCN=C1NS(=O)(=O)c2ccccc21)C(=O)N[C@@H]1CCCC[C@@H]1C. The summed E-state index contributed by atoms with van der Waals surface area (Å²) in [4.78, 5) is 28.7. The summed E-state index contributed by atoms with van der Waals surface area (Å²) in [7, 11) is -3.60. The Morgan fingerprint density at radius 3 is 2.76 bits per heavy atom. The Bertz CT molecular complexity index is 912. The molecule has 0 bridgehead atoms. The minimum absolute atomic E-state index is 0.0507. The fraction of sp³-hybridized carbons (Fsp3) is 0.550. The number of sulfonamides is 1. The molecule has 3 atom stereocenters. The molecule has 0 aromatic heterocycles. The molecule has 8 nitrogen and oxygen atoms in total. The third-order valence-electron chi connectivity index (χ3n) is 5.37. The summed E-state index contributed by atoms with van der Waals surface area (Å²) < 4.78 is 31.7. The van der Waals surface area contributed by atoms with Crippen molar-refractivity contribution < 1.29 is 22.7 Å². The number of fused-ring (bicyclic) bond motifs is 1. The van der Waals surface area contributed by atoms with Gasteiger partial charge in [0, 0.05) is 11.6 Å². The van der Waals surface area contributed by atoms with Crippen LogP contribution in [0.4, 0.5) is 0 Å². The first kappa shape index (κ1) is 21.3. The number of benzene rings is 1. The minimum Gasteiger partial charge on any atom is -0.452 e. The molecule has 2 aliphatic rings. The molecule has 1 aromatic carbocycles. The first-order chi connectivity index (χ1) is 13.8. The Labute approximate surface area is 171 Å². The predicted octanol–water partition coefficient (Wildman–Crippen LogP) is 1.74. The van der Waals surface area contributed by atoms with Crippen LogP contribution in [0.3, 0.4) is 0 Å². The van der Waals surface area contributed by atoms with Crippen LogP contribution < -0.4 is 10.0 Å². The number of ether oxygens (including phenoxy) is 1. The molecule has 29 heavy (non-hydrogen) atoms. The zero-order chi connectivity index (χ0) is 21.0. The van der Waals surface area contributed by atoms with Crippen molar-refractivity contribution in [3.63, 3.8) is 0 Å². The third-order valence-corrected chi connectivity index (χ3v) is 6.76. The van der Waals surface area contributed by atoms with E-state index in [1.807, 2.05) is 0 Å². The maximum absolute atomic E-state index is 12.3. The van der Waals surface area contributed by atoms with Gasteiger partial charge in [0.05, 0.1) is 17.9 Å². The molecule has 158 valence electrons. The van der Waals surface area contributed by atoms with E-state index in [2.05, 4.69) is 22.0 Å². The molecular formula is C20H27N3O5S. The lowest BCUT2D eigenvalue weighted by molar-refractivity contribution is -0.155. The number of hydrogen-bond donors (Lipinski definition) is 2. The summed E-state index contributed by atoms with van der Waals surface area (Å²) in [6, 6.07) is 6.64. The highest BCUT2D eigenvalue weighted by molar-refractivity contribution is 7.90. The van der Waals surface area contributed by atoms with Crippen LogP contribution in [0.5, 0.6) is 0 Å². The van der Waals surface area contributed by atoms with Gasteiger partial charge in [-0.1, -0.05) is 31.9 Å². The van der Waals surface area contributed by atoms with Crippen LogP contribution in [-0.4, -0.2) is 44.8 Å². The monoisotopic (exact) mass is 421 g/mol. The number of amides is 1. The summed E-state index contributed by atoms with van der Waals surface area (Å²) in [5.74, 6) is -0.210. The van der Waals surface area contributed by atoms with E-state index >= 15 is 0 Å². The first-order valence-electron chi connectivity index (χ1n) is 9.94. The predicted molar refractivity (Wildman–Crippen MR) is 108 cm³/mol. The van der Waals surface area contributed by atoms with Crippen LogP contribution in [0.2, 0.25) is 0 Å². The summed E-state index contributed by atoms with van der Waals surface area (Å²) in [5.41, 5.74) is 0.482. The third kappa shape index (κ3) is 5.14. The minimum atomic E-state index is -3.60. The average Bonchev–Trinajstić information content (AvgIpc) is 2.94. The highest BCUT2D eigenvalue weighted by Gasteiger charge is 2.30. The lowest BCUT2D eigenvalue weighted by Gasteiger charge is -2.30. The molecular weight excluding hydrogens is 394 g/mol. The van der Waals surface area contributed by atoms with Crippen molar-refractivity contribution in [2.24, 2.45) is 10.9 Å². The molecule has 1 saturated carbocycles. The maximum atomic E-state index is 12.3. The lowest BCUT2D eigenvalue weighted by Crippen LogP contribution is -2.46. The fourth-order valence-corrected chi connectivity index (χ4v) is 4.90. The highest BCUT2D eigenvalue weighted by atomic mass is 32.2. The van der Waals surface area contributed by atoms with Crippen molar-refractivity contribution in [1.82, 2.24) is 10.0 Å². The fourth-order valence-electron chi connectivity index (χ4n) is 3.65. The summed E-state index contributed by atoms with van der Waals surface area (Å²) in [6.07, 6.45) is 3.38. The zero-order valence-electron chi connectivity index (χ0n) is 16.7. The molecule has 1 heterocycles. The molecule has 1 amide bonds. The Hall–Kier alpha value is -2.42. The second-order valence-electron chi connectivity index (χ2n) is 7.59. The molecule has 9 heteroatoms. The van der Waals surface area contributed by atoms with Crippen molar-refractivity contribution in [2.45, 2.75) is 63.0 Å². The highest BCUT2D eigenvalue weighted by Crippen LogP contribution is 2.24. The normalized spacial score (nSPS) is 25.0. The van der Waals surface area contributed by atoms with E-state index in [-0.39, 0.29) is 35.6 Å². The van der Waals surface area contributed by atoms with E-state index in [9.17, 15) is 18.0 Å². The van der Waals surface area contributed by atoms with Crippen LogP contribution >= 0.6 is 0 Å². The topological polar surface area (TPSA) is 114 Å². The van der Waals surface area contributed by atoms with Crippen molar-refractivity contribution >= 4 is 27.7 Å². The van der Waals surface area contributed by atoms with Gasteiger partial charge in [-0.25, -0.2) is 8.42 Å². The van der Waals surface area contributed by atoms with Gasteiger partial charge < -0.3 is 10.1 Å². The van der Waals surface area contributed by atoms with Crippen molar-refractivity contribution in [3.8, 4) is 0 Å². The van der Waals surface area contributed by atoms with E-state index in [1.165, 1.54) is 12.5 Å². The number of rotatable bonds is 6. The molecule has 0 radical (unpaired) electrons. The molecule has 0 spiro atoms. The van der Waals surface area contributed by atoms with E-state index < -0.39 is 22.1 Å². The zero-order valence-corrected chi connectivity index (χ0v) is 17.5.